The van der Waals surface area contributed by atoms with Crippen LogP contribution in [-0.2, 0) is 0 Å². The number of rotatable bonds is 9. The summed E-state index contributed by atoms with van der Waals surface area (Å²) in [5.41, 5.74) is 1.18. The monoisotopic (exact) mass is 416 g/mol. The van der Waals surface area contributed by atoms with Crippen molar-refractivity contribution in [1.82, 2.24) is 4.98 Å². The first-order valence-electron chi connectivity index (χ1n) is 9.24. The molecule has 0 spiro atoms. The summed E-state index contributed by atoms with van der Waals surface area (Å²) >= 11 is 1.39. The number of carbonyl (C=O) groups is 1. The average Bonchev–Trinajstić information content (AvgIpc) is 3.14. The minimum Gasteiger partial charge on any atom is -0.494 e. The molecule has 1 amide bonds. The van der Waals surface area contributed by atoms with Crippen molar-refractivity contribution in [1.29, 1.82) is 0 Å². The molecular weight excluding hydrogens is 392 g/mol. The first-order valence-corrected chi connectivity index (χ1v) is 10.1. The first-order chi connectivity index (χ1) is 14.1. The number of methoxy groups -OCH3 is 3. The second kappa shape index (κ2) is 9.47. The number of nitrogens with zero attached hydrogens (tertiary/aromatic N) is 1. The van der Waals surface area contributed by atoms with Gasteiger partial charge in [0.05, 0.1) is 38.2 Å². The molecule has 7 nitrogen and oxygen atoms in total. The normalized spacial score (nSPS) is 10.6. The van der Waals surface area contributed by atoms with E-state index in [1.165, 1.54) is 32.7 Å². The van der Waals surface area contributed by atoms with Gasteiger partial charge in [-0.3, -0.25) is 10.1 Å². The molecule has 3 aromatic rings. The van der Waals surface area contributed by atoms with Crippen molar-refractivity contribution < 1.29 is 23.7 Å². The summed E-state index contributed by atoms with van der Waals surface area (Å²) in [6.45, 7) is 2.81. The lowest BCUT2D eigenvalue weighted by molar-refractivity contribution is 0.102. The Labute approximate surface area is 173 Å². The van der Waals surface area contributed by atoms with Crippen molar-refractivity contribution in [2.24, 2.45) is 0 Å². The third-order valence-electron chi connectivity index (χ3n) is 4.27. The highest BCUT2D eigenvalue weighted by Gasteiger charge is 2.18. The smallest absolute Gasteiger partial charge is 0.257 e. The lowest BCUT2D eigenvalue weighted by atomic mass is 10.1. The summed E-state index contributed by atoms with van der Waals surface area (Å²) in [5.74, 6) is 1.74. The fourth-order valence-electron chi connectivity index (χ4n) is 2.76. The van der Waals surface area contributed by atoms with Gasteiger partial charge in [-0.05, 0) is 36.8 Å². The van der Waals surface area contributed by atoms with Crippen LogP contribution in [-0.4, -0.2) is 38.8 Å². The fraction of sp³-hybridized carbons (Fsp3) is 0.333. The molecule has 0 radical (unpaired) electrons. The zero-order valence-corrected chi connectivity index (χ0v) is 17.7. The standard InChI is InChI=1S/C21H24N2O5S/c1-5-6-9-28-14-7-8-15-18(12-14)29-21(22-15)23-20(24)13-10-16(25-2)19(27-4)17(11-13)26-3/h7-8,10-12H,5-6,9H2,1-4H3,(H,22,23,24). The van der Waals surface area contributed by atoms with E-state index in [1.54, 1.807) is 12.1 Å². The molecule has 1 N–H and O–H groups in total. The Morgan fingerprint density at radius 3 is 2.41 bits per heavy atom. The maximum Gasteiger partial charge on any atom is 0.257 e. The predicted molar refractivity (Wildman–Crippen MR) is 114 cm³/mol. The number of benzene rings is 2. The van der Waals surface area contributed by atoms with E-state index in [-0.39, 0.29) is 5.91 Å². The van der Waals surface area contributed by atoms with Crippen molar-refractivity contribution in [2.45, 2.75) is 19.8 Å². The highest BCUT2D eigenvalue weighted by molar-refractivity contribution is 7.22. The molecule has 0 aliphatic carbocycles. The number of anilines is 1. The lowest BCUT2D eigenvalue weighted by Crippen LogP contribution is -2.12. The van der Waals surface area contributed by atoms with Crippen LogP contribution in [0.3, 0.4) is 0 Å². The van der Waals surface area contributed by atoms with Gasteiger partial charge in [0.1, 0.15) is 5.75 Å². The maximum atomic E-state index is 12.7. The van der Waals surface area contributed by atoms with Crippen LogP contribution in [0.1, 0.15) is 30.1 Å². The number of ether oxygens (including phenoxy) is 4. The number of fused-ring (bicyclic) bond motifs is 1. The van der Waals surface area contributed by atoms with Gasteiger partial charge in [0.15, 0.2) is 16.6 Å². The molecule has 154 valence electrons. The Morgan fingerprint density at radius 1 is 1.07 bits per heavy atom. The van der Waals surface area contributed by atoms with Crippen LogP contribution >= 0.6 is 11.3 Å². The number of carbonyl (C=O) groups excluding carboxylic acids is 1. The topological polar surface area (TPSA) is 78.9 Å². The zero-order chi connectivity index (χ0) is 20.8. The van der Waals surface area contributed by atoms with E-state index in [1.807, 2.05) is 18.2 Å². The summed E-state index contributed by atoms with van der Waals surface area (Å²) in [6.07, 6.45) is 2.09. The van der Waals surface area contributed by atoms with Crippen LogP contribution in [0.25, 0.3) is 10.2 Å². The van der Waals surface area contributed by atoms with Crippen LogP contribution in [0.5, 0.6) is 23.0 Å². The Hall–Kier alpha value is -3.00. The number of amides is 1. The van der Waals surface area contributed by atoms with Gasteiger partial charge in [0.25, 0.3) is 5.91 Å². The zero-order valence-electron chi connectivity index (χ0n) is 16.9. The minimum absolute atomic E-state index is 0.317. The molecule has 3 rings (SSSR count). The van der Waals surface area contributed by atoms with E-state index < -0.39 is 0 Å². The molecule has 29 heavy (non-hydrogen) atoms. The summed E-state index contributed by atoms with van der Waals surface area (Å²) in [5, 5.41) is 3.34. The number of thiazole rings is 1. The van der Waals surface area contributed by atoms with Crippen LogP contribution < -0.4 is 24.3 Å². The van der Waals surface area contributed by atoms with Crippen LogP contribution in [0.2, 0.25) is 0 Å². The highest BCUT2D eigenvalue weighted by Crippen LogP contribution is 2.38. The maximum absolute atomic E-state index is 12.7. The molecule has 0 aliphatic rings. The number of nitrogens with one attached hydrogen (secondary N) is 1. The lowest BCUT2D eigenvalue weighted by Gasteiger charge is -2.13. The van der Waals surface area contributed by atoms with E-state index in [2.05, 4.69) is 17.2 Å². The van der Waals surface area contributed by atoms with E-state index in [0.29, 0.717) is 34.6 Å². The number of aromatic nitrogens is 1. The molecule has 0 saturated heterocycles. The van der Waals surface area contributed by atoms with Crippen molar-refractivity contribution in [2.75, 3.05) is 33.3 Å². The van der Waals surface area contributed by atoms with Gasteiger partial charge in [-0.2, -0.15) is 0 Å². The molecule has 0 saturated carbocycles. The molecule has 0 aliphatic heterocycles. The average molecular weight is 416 g/mol. The van der Waals surface area contributed by atoms with Gasteiger partial charge < -0.3 is 18.9 Å². The van der Waals surface area contributed by atoms with Crippen LogP contribution in [0.15, 0.2) is 30.3 Å². The molecular formula is C21H24N2O5S. The highest BCUT2D eigenvalue weighted by atomic mass is 32.1. The summed E-state index contributed by atoms with van der Waals surface area (Å²) in [6, 6.07) is 8.93. The molecule has 1 aromatic heterocycles. The number of unbranched alkanes of at least 4 members (excludes halogenated alkanes) is 1. The Morgan fingerprint density at radius 2 is 1.79 bits per heavy atom. The van der Waals surface area contributed by atoms with Crippen molar-refractivity contribution in [3.63, 3.8) is 0 Å². The largest absolute Gasteiger partial charge is 0.494 e. The molecule has 0 fully saturated rings. The van der Waals surface area contributed by atoms with E-state index in [4.69, 9.17) is 18.9 Å². The molecule has 2 aromatic carbocycles. The molecule has 1 heterocycles. The third kappa shape index (κ3) is 4.71. The molecule has 0 bridgehead atoms. The second-order valence-corrected chi connectivity index (χ2v) is 7.25. The van der Waals surface area contributed by atoms with Crippen molar-refractivity contribution >= 4 is 32.6 Å². The quantitative estimate of drug-likeness (QED) is 0.507. The first kappa shape index (κ1) is 20.7. The van der Waals surface area contributed by atoms with Crippen LogP contribution in [0, 0.1) is 0 Å². The molecule has 8 heteroatoms. The van der Waals surface area contributed by atoms with Crippen molar-refractivity contribution in [3.8, 4) is 23.0 Å². The summed E-state index contributed by atoms with van der Waals surface area (Å²) in [7, 11) is 4.53. The Bertz CT molecular complexity index is 977. The Balaban J connectivity index is 1.80. The fourth-order valence-corrected chi connectivity index (χ4v) is 3.65. The summed E-state index contributed by atoms with van der Waals surface area (Å²) in [4.78, 5) is 17.2. The third-order valence-corrected chi connectivity index (χ3v) is 5.21. The second-order valence-electron chi connectivity index (χ2n) is 6.22. The van der Waals surface area contributed by atoms with Gasteiger partial charge in [-0.15, -0.1) is 0 Å². The SMILES string of the molecule is CCCCOc1ccc2nc(NC(=O)c3cc(OC)c(OC)c(OC)c3)sc2c1. The van der Waals surface area contributed by atoms with Gasteiger partial charge in [-0.1, -0.05) is 24.7 Å². The van der Waals surface area contributed by atoms with Gasteiger partial charge in [0.2, 0.25) is 5.75 Å². The van der Waals surface area contributed by atoms with E-state index in [0.717, 1.165) is 28.8 Å². The van der Waals surface area contributed by atoms with E-state index in [9.17, 15) is 4.79 Å². The van der Waals surface area contributed by atoms with Crippen LogP contribution in [0.4, 0.5) is 5.13 Å². The van der Waals surface area contributed by atoms with Gasteiger partial charge >= 0.3 is 0 Å². The molecule has 0 unspecified atom stereocenters. The predicted octanol–water partition coefficient (Wildman–Crippen LogP) is 4.75. The van der Waals surface area contributed by atoms with Gasteiger partial charge in [-0.25, -0.2) is 4.98 Å². The number of hydrogen-bond donors (Lipinski definition) is 1. The summed E-state index contributed by atoms with van der Waals surface area (Å²) < 4.78 is 22.6. The van der Waals surface area contributed by atoms with E-state index >= 15 is 0 Å². The molecule has 0 atom stereocenters. The van der Waals surface area contributed by atoms with Gasteiger partial charge in [0, 0.05) is 5.56 Å². The van der Waals surface area contributed by atoms with Crippen molar-refractivity contribution in [3.05, 3.63) is 35.9 Å². The Kier molecular flexibility index (Phi) is 6.77. The number of hydrogen-bond acceptors (Lipinski definition) is 7. The minimum atomic E-state index is -0.317.